The molecule has 1 N–H and O–H groups in total. The molecule has 0 aliphatic rings. The highest BCUT2D eigenvalue weighted by molar-refractivity contribution is 7.79. The summed E-state index contributed by atoms with van der Waals surface area (Å²) in [4.78, 5) is -0.00743. The van der Waals surface area contributed by atoms with Crippen molar-refractivity contribution in [2.45, 2.75) is 11.8 Å². The zero-order valence-electron chi connectivity index (χ0n) is 9.51. The quantitative estimate of drug-likeness (QED) is 0.849. The predicted octanol–water partition coefficient (Wildman–Crippen LogP) is 2.74. The maximum atomic E-state index is 13.2. The van der Waals surface area contributed by atoms with Gasteiger partial charge in [-0.15, -0.1) is 0 Å². The second kappa shape index (κ2) is 4.88. The van der Waals surface area contributed by atoms with Gasteiger partial charge in [0.2, 0.25) is 0 Å². The fraction of sp³-hybridized carbons (Fsp3) is 0.0769. The molecule has 18 heavy (non-hydrogen) atoms. The van der Waals surface area contributed by atoms with Crippen molar-refractivity contribution in [3.05, 3.63) is 47.8 Å². The van der Waals surface area contributed by atoms with Gasteiger partial charge in [0.15, 0.2) is 0 Å². The third-order valence-corrected chi connectivity index (χ3v) is 3.20. The molecular weight excluding hydrogens is 255 g/mol. The Morgan fingerprint density at radius 1 is 1.17 bits per heavy atom. The third kappa shape index (κ3) is 2.57. The maximum absolute atomic E-state index is 13.2. The summed E-state index contributed by atoms with van der Waals surface area (Å²) in [5.74, 6) is -0.472. The molecule has 0 fully saturated rings. The van der Waals surface area contributed by atoms with Crippen LogP contribution < -0.4 is 0 Å². The van der Waals surface area contributed by atoms with Crippen LogP contribution in [0.5, 0.6) is 5.75 Å². The Kier molecular flexibility index (Phi) is 3.45. The fourth-order valence-electron chi connectivity index (χ4n) is 1.67. The van der Waals surface area contributed by atoms with Gasteiger partial charge in [0.1, 0.15) is 11.6 Å². The van der Waals surface area contributed by atoms with Gasteiger partial charge in [-0.3, -0.25) is 4.21 Å². The summed E-state index contributed by atoms with van der Waals surface area (Å²) in [6.07, 6.45) is 0. The number of aryl methyl sites for hydroxylation is 1. The van der Waals surface area contributed by atoms with Gasteiger partial charge in [-0.2, -0.15) is 0 Å². The van der Waals surface area contributed by atoms with E-state index < -0.39 is 11.1 Å². The molecule has 0 amide bonds. The second-order valence-electron chi connectivity index (χ2n) is 3.91. The minimum atomic E-state index is -2.42. The molecule has 94 valence electrons. The first-order valence-corrected chi connectivity index (χ1v) is 6.25. The van der Waals surface area contributed by atoms with Crippen molar-refractivity contribution < 1.29 is 18.3 Å². The van der Waals surface area contributed by atoms with Crippen LogP contribution >= 0.6 is 0 Å². The number of rotatable bonds is 2. The van der Waals surface area contributed by atoms with E-state index in [1.54, 1.807) is 13.0 Å². The molecule has 2 rings (SSSR count). The van der Waals surface area contributed by atoms with E-state index in [1.807, 2.05) is 0 Å². The number of phenols is 1. The van der Waals surface area contributed by atoms with Crippen molar-refractivity contribution in [1.82, 2.24) is 0 Å². The van der Waals surface area contributed by atoms with Crippen LogP contribution in [-0.2, 0) is 11.1 Å². The van der Waals surface area contributed by atoms with Crippen LogP contribution in [0.2, 0.25) is 0 Å². The minimum Gasteiger partial charge on any atom is -0.768 e. The highest BCUT2D eigenvalue weighted by Crippen LogP contribution is 2.27. The fourth-order valence-corrected chi connectivity index (χ4v) is 2.11. The van der Waals surface area contributed by atoms with Crippen molar-refractivity contribution in [2.75, 3.05) is 0 Å². The topological polar surface area (TPSA) is 60.4 Å². The second-order valence-corrected chi connectivity index (χ2v) is 4.86. The minimum absolute atomic E-state index is 0.00743. The zero-order chi connectivity index (χ0) is 13.3. The summed E-state index contributed by atoms with van der Waals surface area (Å²) in [5, 5.41) is 9.48. The van der Waals surface area contributed by atoms with E-state index in [1.165, 1.54) is 24.3 Å². The van der Waals surface area contributed by atoms with Crippen LogP contribution in [0.1, 0.15) is 5.56 Å². The number of benzene rings is 2. The maximum Gasteiger partial charge on any atom is 0.126 e. The van der Waals surface area contributed by atoms with Gasteiger partial charge in [-0.05, 0) is 65.0 Å². The Morgan fingerprint density at radius 3 is 2.50 bits per heavy atom. The molecule has 5 heteroatoms. The monoisotopic (exact) mass is 265 g/mol. The Balaban J connectivity index is 2.56. The summed E-state index contributed by atoms with van der Waals surface area (Å²) in [6, 6.07) is 8.46. The number of hydrogen-bond donors (Lipinski definition) is 1. The molecule has 0 aliphatic heterocycles. The lowest BCUT2D eigenvalue weighted by molar-refractivity contribution is 0.472. The molecule has 0 saturated carbocycles. The van der Waals surface area contributed by atoms with E-state index in [0.717, 1.165) is 6.07 Å². The standard InChI is InChI=1S/C13H11FO3S/c1-8-4-9(2-3-13(8)14)10-5-11(15)7-12(6-10)18(16)17/h2-7,15H,1H3,(H,16,17)/p-1. The average molecular weight is 265 g/mol. The lowest BCUT2D eigenvalue weighted by Crippen LogP contribution is -1.90. The Labute approximate surface area is 106 Å². The van der Waals surface area contributed by atoms with Crippen LogP contribution in [0.15, 0.2) is 41.3 Å². The SMILES string of the molecule is Cc1cc(-c2cc(O)cc(S(=O)[O-])c2)ccc1F. The van der Waals surface area contributed by atoms with Gasteiger partial charge in [-0.25, -0.2) is 4.39 Å². The van der Waals surface area contributed by atoms with Crippen molar-refractivity contribution in [3.8, 4) is 16.9 Å². The first kappa shape index (κ1) is 12.7. The molecule has 0 aliphatic carbocycles. The summed E-state index contributed by atoms with van der Waals surface area (Å²) >= 11 is -2.42. The summed E-state index contributed by atoms with van der Waals surface area (Å²) < 4.78 is 34.9. The van der Waals surface area contributed by atoms with Gasteiger partial charge in [0, 0.05) is 4.90 Å². The number of hydrogen-bond acceptors (Lipinski definition) is 3. The Bertz CT molecular complexity index is 626. The molecule has 3 nitrogen and oxygen atoms in total. The highest BCUT2D eigenvalue weighted by Gasteiger charge is 2.05. The summed E-state index contributed by atoms with van der Waals surface area (Å²) in [7, 11) is 0. The molecule has 0 saturated heterocycles. The largest absolute Gasteiger partial charge is 0.768 e. The first-order chi connectivity index (χ1) is 8.47. The van der Waals surface area contributed by atoms with Gasteiger partial charge in [0.05, 0.1) is 0 Å². The van der Waals surface area contributed by atoms with Crippen LogP contribution in [0.3, 0.4) is 0 Å². The Hall–Kier alpha value is -1.72. The first-order valence-electron chi connectivity index (χ1n) is 5.17. The summed E-state index contributed by atoms with van der Waals surface area (Å²) in [6.45, 7) is 1.62. The molecule has 0 bridgehead atoms. The van der Waals surface area contributed by atoms with Crippen molar-refractivity contribution >= 4 is 11.1 Å². The van der Waals surface area contributed by atoms with E-state index in [0.29, 0.717) is 16.7 Å². The third-order valence-electron chi connectivity index (χ3n) is 2.58. The van der Waals surface area contributed by atoms with Crippen molar-refractivity contribution in [3.63, 3.8) is 0 Å². The van der Waals surface area contributed by atoms with Crippen LogP contribution in [0.25, 0.3) is 11.1 Å². The van der Waals surface area contributed by atoms with Gasteiger partial charge >= 0.3 is 0 Å². The van der Waals surface area contributed by atoms with E-state index in [-0.39, 0.29) is 16.5 Å². The Morgan fingerprint density at radius 2 is 1.89 bits per heavy atom. The zero-order valence-corrected chi connectivity index (χ0v) is 10.3. The smallest absolute Gasteiger partial charge is 0.126 e. The molecule has 0 aromatic heterocycles. The van der Waals surface area contributed by atoms with Crippen molar-refractivity contribution in [2.24, 2.45) is 0 Å². The number of phenolic OH excluding ortho intramolecular Hbond substituents is 1. The number of aromatic hydroxyl groups is 1. The van der Waals surface area contributed by atoms with Gasteiger partial charge < -0.3 is 9.66 Å². The highest BCUT2D eigenvalue weighted by atomic mass is 32.2. The van der Waals surface area contributed by atoms with Crippen molar-refractivity contribution in [1.29, 1.82) is 0 Å². The van der Waals surface area contributed by atoms with E-state index in [9.17, 15) is 18.3 Å². The van der Waals surface area contributed by atoms with Crippen LogP contribution in [-0.4, -0.2) is 13.9 Å². The molecule has 2 aromatic rings. The molecule has 1 atom stereocenters. The molecule has 1 unspecified atom stereocenters. The predicted molar refractivity (Wildman–Crippen MR) is 65.4 cm³/mol. The van der Waals surface area contributed by atoms with E-state index in [4.69, 9.17) is 0 Å². The van der Waals surface area contributed by atoms with Crippen LogP contribution in [0, 0.1) is 12.7 Å². The lowest BCUT2D eigenvalue weighted by Gasteiger charge is -2.10. The molecular formula is C13H10FO3S-. The lowest BCUT2D eigenvalue weighted by atomic mass is 10.0. The van der Waals surface area contributed by atoms with Gasteiger partial charge in [0.25, 0.3) is 0 Å². The molecule has 2 aromatic carbocycles. The van der Waals surface area contributed by atoms with Gasteiger partial charge in [-0.1, -0.05) is 6.07 Å². The summed E-state index contributed by atoms with van der Waals surface area (Å²) in [5.41, 5.74) is 1.63. The van der Waals surface area contributed by atoms with E-state index >= 15 is 0 Å². The normalized spacial score (nSPS) is 12.4. The number of halogens is 1. The van der Waals surface area contributed by atoms with E-state index in [2.05, 4.69) is 0 Å². The molecule has 0 heterocycles. The average Bonchev–Trinajstić information content (AvgIpc) is 2.31. The molecule has 0 radical (unpaired) electrons. The molecule has 0 spiro atoms. The van der Waals surface area contributed by atoms with Crippen LogP contribution in [0.4, 0.5) is 4.39 Å².